The number of aryl methyl sites for hydroxylation is 2. The number of amides is 3. The number of hydrogen-bond acceptors (Lipinski definition) is 9. The molecule has 364 valence electrons. The van der Waals surface area contributed by atoms with Crippen LogP contribution in [0.3, 0.4) is 0 Å². The van der Waals surface area contributed by atoms with Crippen LogP contribution in [0.25, 0.3) is 0 Å². The molecule has 0 heterocycles. The van der Waals surface area contributed by atoms with Gasteiger partial charge in [0.15, 0.2) is 0 Å². The molecule has 0 saturated heterocycles. The number of nitrogens with one attached hydrogen (secondary N) is 5. The third-order valence-electron chi connectivity index (χ3n) is 9.40. The quantitative estimate of drug-likeness (QED) is 0.0770. The molecule has 0 unspecified atom stereocenters. The largest absolute Gasteiger partial charge is 0.550 e. The Bertz CT molecular complexity index is 2590. The maximum Gasteiger partial charge on any atom is 0.412 e. The predicted molar refractivity (Wildman–Crippen MR) is 265 cm³/mol. The average Bonchev–Trinajstić information content (AvgIpc) is 3.22. The molecule has 0 spiro atoms. The number of sulfonamides is 2. The van der Waals surface area contributed by atoms with E-state index in [0.29, 0.717) is 43.3 Å². The lowest BCUT2D eigenvalue weighted by Gasteiger charge is -2.19. The van der Waals surface area contributed by atoms with Crippen molar-refractivity contribution in [2.75, 3.05) is 22.0 Å². The Balaban J connectivity index is 0.000000348. The highest BCUT2D eigenvalue weighted by Crippen LogP contribution is 2.24. The molecule has 5 rings (SSSR count). The Morgan fingerprint density at radius 3 is 1.30 bits per heavy atom. The Morgan fingerprint density at radius 2 is 0.925 bits per heavy atom. The van der Waals surface area contributed by atoms with E-state index in [-0.39, 0.29) is 16.9 Å². The number of hydrogen-bond donors (Lipinski definition) is 6. The van der Waals surface area contributed by atoms with Gasteiger partial charge < -0.3 is 36.3 Å². The molecule has 0 atom stereocenters. The van der Waals surface area contributed by atoms with Crippen LogP contribution in [-0.4, -0.2) is 47.4 Å². The number of carbonyl (C=O) groups is 3. The monoisotopic (exact) mass is 960 g/mol. The Labute approximate surface area is 397 Å². The molecule has 67 heavy (non-hydrogen) atoms. The smallest absolute Gasteiger partial charge is 0.412 e. The van der Waals surface area contributed by atoms with Crippen molar-refractivity contribution in [2.24, 2.45) is 0 Å². The summed E-state index contributed by atoms with van der Waals surface area (Å²) in [5, 5.41) is 17.3. The van der Waals surface area contributed by atoms with Crippen molar-refractivity contribution in [3.8, 4) is 5.75 Å². The molecule has 5 aromatic carbocycles. The Hall–Kier alpha value is -6.43. The van der Waals surface area contributed by atoms with Crippen LogP contribution in [0.15, 0.2) is 115 Å². The SMILES string of the molecule is CC(=O)[O-].CC(C)(C)c1ccc(CNC(=O)Oc2ccccc2)cc1.Cc1cc(CNC(=O)NCc2ccc(C(C)(C)C)cc2)ccc1NS(C)(=O)=O.Cc1cc(C[NH3+])ccc1NS(C)(=O)=O. The summed E-state index contributed by atoms with van der Waals surface area (Å²) in [5.41, 5.74) is 13.5. The normalized spacial score (nSPS) is 11.1. The lowest BCUT2D eigenvalue weighted by atomic mass is 9.87. The summed E-state index contributed by atoms with van der Waals surface area (Å²) in [7, 11) is -6.50. The second-order valence-electron chi connectivity index (χ2n) is 17.8. The first-order chi connectivity index (χ1) is 31.0. The van der Waals surface area contributed by atoms with Crippen LogP contribution in [-0.2, 0) is 61.9 Å². The zero-order valence-corrected chi connectivity index (χ0v) is 42.1. The number of aliphatic carboxylic acids is 1. The van der Waals surface area contributed by atoms with Crippen LogP contribution in [0.2, 0.25) is 0 Å². The first kappa shape index (κ1) is 56.7. The summed E-state index contributed by atoms with van der Waals surface area (Å²) in [6.07, 6.45) is 1.81. The Morgan fingerprint density at radius 1 is 0.567 bits per heavy atom. The molecule has 0 bridgehead atoms. The van der Waals surface area contributed by atoms with Gasteiger partial charge in [0.2, 0.25) is 20.0 Å². The molecule has 0 saturated carbocycles. The van der Waals surface area contributed by atoms with Gasteiger partial charge in [-0.2, -0.15) is 0 Å². The van der Waals surface area contributed by atoms with E-state index in [9.17, 15) is 26.4 Å². The van der Waals surface area contributed by atoms with Gasteiger partial charge in [-0.25, -0.2) is 26.4 Å². The third-order valence-corrected chi connectivity index (χ3v) is 10.6. The second kappa shape index (κ2) is 26.0. The molecule has 0 aliphatic rings. The fourth-order valence-electron chi connectivity index (χ4n) is 5.82. The minimum Gasteiger partial charge on any atom is -0.550 e. The standard InChI is InChI=1S/C21H29N3O3S.C18H21NO2.C9H14N2O2S.C2H4O2/c1-15-12-17(8-11-19(15)24-28(5,26)27)14-23-20(25)22-13-16-6-9-18(10-7-16)21(2,3)4;1-18(2,3)15-11-9-14(10-12-15)13-19-17(20)21-16-7-5-4-6-8-16;1-7-5-8(6-10)3-4-9(7)11-14(2,12)13;1-2(3)4/h6-12,24H,13-14H2,1-5H3,(H2,22,23,25);4-12H,13H2,1-3H3,(H,19,20);3-5,11H,6,10H2,1-2H3;1H3,(H,3,4). The molecular formula is C50H68N6O9S2. The van der Waals surface area contributed by atoms with E-state index in [2.05, 4.69) is 96.9 Å². The van der Waals surface area contributed by atoms with Gasteiger partial charge >= 0.3 is 12.1 Å². The molecule has 5 aromatic rings. The molecule has 0 aromatic heterocycles. The molecular weight excluding hydrogens is 893 g/mol. The fraction of sp³-hybridized carbons (Fsp3) is 0.340. The van der Waals surface area contributed by atoms with Gasteiger partial charge in [0.05, 0.1) is 30.4 Å². The van der Waals surface area contributed by atoms with E-state index in [1.807, 2.05) is 74.5 Å². The summed E-state index contributed by atoms with van der Waals surface area (Å²) < 4.78 is 54.7. The van der Waals surface area contributed by atoms with Crippen molar-refractivity contribution in [2.45, 2.75) is 99.3 Å². The second-order valence-corrected chi connectivity index (χ2v) is 21.3. The van der Waals surface area contributed by atoms with Crippen molar-refractivity contribution < 1.29 is 46.8 Å². The van der Waals surface area contributed by atoms with Gasteiger partial charge in [-0.15, -0.1) is 0 Å². The molecule has 3 amide bonds. The lowest BCUT2D eigenvalue weighted by molar-refractivity contribution is -0.386. The topological polar surface area (TPSA) is 240 Å². The number of anilines is 2. The number of urea groups is 1. The van der Waals surface area contributed by atoms with E-state index >= 15 is 0 Å². The Kier molecular flexibility index (Phi) is 22.0. The van der Waals surface area contributed by atoms with Gasteiger partial charge in [-0.3, -0.25) is 9.44 Å². The maximum absolute atomic E-state index is 12.0. The van der Waals surface area contributed by atoms with Crippen molar-refractivity contribution in [3.05, 3.63) is 160 Å². The molecule has 0 aliphatic carbocycles. The van der Waals surface area contributed by atoms with Gasteiger partial charge in [-0.1, -0.05) is 126 Å². The van der Waals surface area contributed by atoms with Gasteiger partial charge in [-0.05, 0) is 101 Å². The minimum atomic E-state index is -3.31. The fourth-order valence-corrected chi connectivity index (χ4v) is 7.08. The van der Waals surface area contributed by atoms with Crippen LogP contribution in [0.1, 0.15) is 93.0 Å². The number of carboxylic acids is 1. The van der Waals surface area contributed by atoms with Crippen LogP contribution in [0.4, 0.5) is 21.0 Å². The van der Waals surface area contributed by atoms with E-state index in [0.717, 1.165) is 52.8 Å². The van der Waals surface area contributed by atoms with Crippen molar-refractivity contribution in [3.63, 3.8) is 0 Å². The molecule has 0 fully saturated rings. The van der Waals surface area contributed by atoms with Crippen molar-refractivity contribution in [1.29, 1.82) is 0 Å². The van der Waals surface area contributed by atoms with Crippen molar-refractivity contribution >= 4 is 49.5 Å². The number of benzene rings is 5. The zero-order chi connectivity index (χ0) is 50.6. The van der Waals surface area contributed by atoms with Gasteiger partial charge in [0.1, 0.15) is 5.75 Å². The summed E-state index contributed by atoms with van der Waals surface area (Å²) in [5.74, 6) is -0.543. The maximum atomic E-state index is 12.0. The summed E-state index contributed by atoms with van der Waals surface area (Å²) in [6.45, 7) is 19.7. The minimum absolute atomic E-state index is 0.105. The summed E-state index contributed by atoms with van der Waals surface area (Å²) in [4.78, 5) is 32.6. The third kappa shape index (κ3) is 24.1. The van der Waals surface area contributed by atoms with Crippen molar-refractivity contribution in [1.82, 2.24) is 16.0 Å². The van der Waals surface area contributed by atoms with E-state index < -0.39 is 32.1 Å². The number of rotatable bonds is 12. The molecule has 0 radical (unpaired) electrons. The van der Waals surface area contributed by atoms with E-state index in [4.69, 9.17) is 14.6 Å². The highest BCUT2D eigenvalue weighted by molar-refractivity contribution is 7.92. The average molecular weight is 961 g/mol. The number of carboxylic acid groups (broad SMARTS) is 1. The van der Waals surface area contributed by atoms with Crippen LogP contribution in [0.5, 0.6) is 5.75 Å². The zero-order valence-electron chi connectivity index (χ0n) is 40.5. The van der Waals surface area contributed by atoms with Crippen LogP contribution in [0, 0.1) is 13.8 Å². The van der Waals surface area contributed by atoms with Gasteiger partial charge in [0, 0.05) is 31.2 Å². The summed E-state index contributed by atoms with van der Waals surface area (Å²) in [6, 6.07) is 36.1. The number of para-hydroxylation sites is 1. The number of quaternary nitrogens is 1. The van der Waals surface area contributed by atoms with Crippen LogP contribution < -0.4 is 41.0 Å². The van der Waals surface area contributed by atoms with E-state index in [1.165, 1.54) is 11.1 Å². The first-order valence-corrected chi connectivity index (χ1v) is 25.2. The number of ether oxygens (including phenoxy) is 1. The van der Waals surface area contributed by atoms with Crippen LogP contribution >= 0.6 is 0 Å². The lowest BCUT2D eigenvalue weighted by Crippen LogP contribution is -2.47. The number of carbonyl (C=O) groups excluding carboxylic acids is 3. The predicted octanol–water partition coefficient (Wildman–Crippen LogP) is 6.80. The molecule has 8 N–H and O–H groups in total. The molecule has 17 heteroatoms. The van der Waals surface area contributed by atoms with E-state index in [1.54, 1.807) is 30.3 Å². The highest BCUT2D eigenvalue weighted by atomic mass is 32.2. The summed E-state index contributed by atoms with van der Waals surface area (Å²) >= 11 is 0. The molecule has 15 nitrogen and oxygen atoms in total. The highest BCUT2D eigenvalue weighted by Gasteiger charge is 2.14. The first-order valence-electron chi connectivity index (χ1n) is 21.4. The molecule has 0 aliphatic heterocycles. The van der Waals surface area contributed by atoms with Gasteiger partial charge in [0.25, 0.3) is 0 Å².